The van der Waals surface area contributed by atoms with Crippen molar-refractivity contribution in [3.63, 3.8) is 0 Å². The lowest BCUT2D eigenvalue weighted by molar-refractivity contribution is -0.104. The van der Waals surface area contributed by atoms with Crippen LogP contribution in [0.1, 0.15) is 32.8 Å². The summed E-state index contributed by atoms with van der Waals surface area (Å²) in [4.78, 5) is 24.3. The minimum Gasteiger partial charge on any atom is -0.404 e. The highest BCUT2D eigenvalue weighted by molar-refractivity contribution is 6.16. The highest BCUT2D eigenvalue weighted by atomic mass is 16.1. The van der Waals surface area contributed by atoms with Gasteiger partial charge in [0.15, 0.2) is 6.29 Å². The molecule has 0 saturated carbocycles. The van der Waals surface area contributed by atoms with E-state index in [4.69, 9.17) is 17.3 Å². The van der Waals surface area contributed by atoms with Gasteiger partial charge in [0.25, 0.3) is 0 Å². The van der Waals surface area contributed by atoms with Crippen LogP contribution in [0.25, 0.3) is 0 Å². The van der Waals surface area contributed by atoms with Gasteiger partial charge in [-0.1, -0.05) is 19.1 Å². The number of carbonyl (C=O) groups is 1. The number of benzene rings is 1. The first kappa shape index (κ1) is 26.7. The molecule has 0 radical (unpaired) electrons. The number of rotatable bonds is 11. The SMILES string of the molecule is CCN=C(C)N=C(C(C=O)=CN)N(C)CCN(C)c1cccc(CN(N)/C=C(\N)CC)c1. The third kappa shape index (κ3) is 8.81. The number of amidine groups is 2. The van der Waals surface area contributed by atoms with Crippen molar-refractivity contribution in [2.75, 3.05) is 38.6 Å². The summed E-state index contributed by atoms with van der Waals surface area (Å²) in [5.41, 5.74) is 14.7. The number of carbonyl (C=O) groups excluding carboxylic acids is 1. The highest BCUT2D eigenvalue weighted by Crippen LogP contribution is 2.16. The molecule has 0 aliphatic rings. The molecule has 9 nitrogen and oxygen atoms in total. The number of aldehydes is 1. The summed E-state index contributed by atoms with van der Waals surface area (Å²) < 4.78 is 0. The lowest BCUT2D eigenvalue weighted by Gasteiger charge is -2.26. The number of allylic oxidation sites excluding steroid dienone is 1. The van der Waals surface area contributed by atoms with Crippen LogP contribution in [-0.2, 0) is 11.3 Å². The molecule has 1 aromatic carbocycles. The minimum atomic E-state index is 0.324. The van der Waals surface area contributed by atoms with Gasteiger partial charge < -0.3 is 26.3 Å². The molecular weight excluding hydrogens is 404 g/mol. The van der Waals surface area contributed by atoms with Crippen molar-refractivity contribution in [2.24, 2.45) is 27.3 Å². The molecule has 0 aromatic heterocycles. The first-order valence-corrected chi connectivity index (χ1v) is 10.7. The highest BCUT2D eigenvalue weighted by Gasteiger charge is 2.14. The predicted molar refractivity (Wildman–Crippen MR) is 134 cm³/mol. The quantitative estimate of drug-likeness (QED) is 0.119. The third-order valence-corrected chi connectivity index (χ3v) is 4.81. The van der Waals surface area contributed by atoms with Gasteiger partial charge in [0.2, 0.25) is 0 Å². The van der Waals surface area contributed by atoms with E-state index in [2.05, 4.69) is 21.0 Å². The van der Waals surface area contributed by atoms with E-state index in [0.29, 0.717) is 49.7 Å². The maximum absolute atomic E-state index is 11.5. The molecule has 0 fully saturated rings. The lowest BCUT2D eigenvalue weighted by atomic mass is 10.2. The Balaban J connectivity index is 2.90. The zero-order chi connectivity index (χ0) is 24.1. The number of likely N-dealkylation sites (N-methyl/N-ethyl adjacent to an activating group) is 2. The molecule has 0 aliphatic heterocycles. The van der Waals surface area contributed by atoms with Gasteiger partial charge >= 0.3 is 0 Å². The zero-order valence-corrected chi connectivity index (χ0v) is 20.0. The third-order valence-electron chi connectivity index (χ3n) is 4.81. The largest absolute Gasteiger partial charge is 0.404 e. The van der Waals surface area contributed by atoms with Crippen LogP contribution in [0.5, 0.6) is 0 Å². The molecule has 0 bridgehead atoms. The second-order valence-electron chi connectivity index (χ2n) is 7.44. The van der Waals surface area contributed by atoms with Crippen LogP contribution >= 0.6 is 0 Å². The van der Waals surface area contributed by atoms with E-state index in [1.807, 2.05) is 51.0 Å². The summed E-state index contributed by atoms with van der Waals surface area (Å²) in [7, 11) is 3.90. The maximum atomic E-state index is 11.5. The van der Waals surface area contributed by atoms with Gasteiger partial charge in [-0.05, 0) is 38.0 Å². The standard InChI is InChI=1S/C23H38N8O/c1-6-21(25)16-31(26)15-19-9-8-10-22(13-19)29(4)11-12-30(5)23(20(14-24)17-32)28-18(3)27-7-2/h8-10,13-14,16-17H,6-7,11-12,15,24-26H2,1-5H3/b20-14?,21-16-,27-18?,28-23?. The van der Waals surface area contributed by atoms with E-state index in [1.165, 1.54) is 6.20 Å². The van der Waals surface area contributed by atoms with Gasteiger partial charge in [0.05, 0.1) is 12.1 Å². The number of hydrazine groups is 1. The molecule has 9 heteroatoms. The van der Waals surface area contributed by atoms with Crippen LogP contribution in [0, 0.1) is 0 Å². The Morgan fingerprint density at radius 3 is 2.50 bits per heavy atom. The molecule has 0 unspecified atom stereocenters. The lowest BCUT2D eigenvalue weighted by Crippen LogP contribution is -2.36. The normalized spacial score (nSPS) is 13.2. The van der Waals surface area contributed by atoms with Gasteiger partial charge in [-0.15, -0.1) is 0 Å². The van der Waals surface area contributed by atoms with E-state index < -0.39 is 0 Å². The summed E-state index contributed by atoms with van der Waals surface area (Å²) in [6.07, 6.45) is 4.49. The topological polar surface area (TPSA) is 130 Å². The van der Waals surface area contributed by atoms with Crippen molar-refractivity contribution in [3.05, 3.63) is 53.5 Å². The van der Waals surface area contributed by atoms with Gasteiger partial charge in [-0.25, -0.2) is 10.8 Å². The molecule has 0 saturated heterocycles. The van der Waals surface area contributed by atoms with E-state index in [0.717, 1.165) is 23.4 Å². The summed E-state index contributed by atoms with van der Waals surface area (Å²) in [6.45, 7) is 8.23. The molecule has 1 rings (SSSR count). The Kier molecular flexibility index (Phi) is 11.6. The van der Waals surface area contributed by atoms with E-state index in [-0.39, 0.29) is 0 Å². The summed E-state index contributed by atoms with van der Waals surface area (Å²) in [5, 5.41) is 1.59. The van der Waals surface area contributed by atoms with Crippen molar-refractivity contribution in [2.45, 2.75) is 33.7 Å². The number of nitrogens with zero attached hydrogens (tertiary/aromatic N) is 5. The second-order valence-corrected chi connectivity index (χ2v) is 7.44. The van der Waals surface area contributed by atoms with Crippen molar-refractivity contribution < 1.29 is 4.79 Å². The van der Waals surface area contributed by atoms with Crippen molar-refractivity contribution in [3.8, 4) is 0 Å². The van der Waals surface area contributed by atoms with Gasteiger partial charge in [0.1, 0.15) is 11.7 Å². The van der Waals surface area contributed by atoms with Crippen LogP contribution < -0.4 is 22.2 Å². The average Bonchev–Trinajstić information content (AvgIpc) is 2.77. The summed E-state index contributed by atoms with van der Waals surface area (Å²) in [5.74, 6) is 7.14. The fourth-order valence-corrected chi connectivity index (χ4v) is 2.94. The van der Waals surface area contributed by atoms with E-state index in [1.54, 1.807) is 18.1 Å². The van der Waals surface area contributed by atoms with Gasteiger partial charge in [0, 0.05) is 57.5 Å². The first-order valence-electron chi connectivity index (χ1n) is 10.7. The predicted octanol–water partition coefficient (Wildman–Crippen LogP) is 1.82. The second kappa shape index (κ2) is 13.9. The Hall–Kier alpha value is -3.33. The smallest absolute Gasteiger partial charge is 0.155 e. The summed E-state index contributed by atoms with van der Waals surface area (Å²) >= 11 is 0. The molecule has 0 atom stereocenters. The molecule has 0 aliphatic carbocycles. The van der Waals surface area contributed by atoms with E-state index in [9.17, 15) is 4.79 Å². The van der Waals surface area contributed by atoms with Crippen molar-refractivity contribution in [1.29, 1.82) is 0 Å². The Bertz CT molecular complexity index is 859. The zero-order valence-electron chi connectivity index (χ0n) is 20.0. The van der Waals surface area contributed by atoms with Crippen molar-refractivity contribution >= 4 is 23.6 Å². The summed E-state index contributed by atoms with van der Waals surface area (Å²) in [6, 6.07) is 8.18. The first-order chi connectivity index (χ1) is 15.2. The maximum Gasteiger partial charge on any atom is 0.155 e. The van der Waals surface area contributed by atoms with Crippen molar-refractivity contribution in [1.82, 2.24) is 9.91 Å². The van der Waals surface area contributed by atoms with Gasteiger partial charge in [-0.2, -0.15) is 0 Å². The number of aliphatic imine (C=N–C) groups is 2. The fraction of sp³-hybridized carbons (Fsp3) is 0.435. The van der Waals surface area contributed by atoms with E-state index >= 15 is 0 Å². The number of hydrogen-bond acceptors (Lipinski definition) is 7. The molecule has 1 aromatic rings. The Morgan fingerprint density at radius 1 is 1.19 bits per heavy atom. The molecule has 32 heavy (non-hydrogen) atoms. The fourth-order valence-electron chi connectivity index (χ4n) is 2.94. The Labute approximate surface area is 191 Å². The number of hydrogen-bond donors (Lipinski definition) is 3. The molecule has 176 valence electrons. The molecule has 6 N–H and O–H groups in total. The van der Waals surface area contributed by atoms with Crippen LogP contribution in [0.3, 0.4) is 0 Å². The average molecular weight is 443 g/mol. The number of nitrogens with two attached hydrogens (primary N) is 3. The molecule has 0 heterocycles. The minimum absolute atomic E-state index is 0.324. The number of anilines is 1. The van der Waals surface area contributed by atoms with Crippen LogP contribution in [0.15, 0.2) is 57.9 Å². The molecule has 0 amide bonds. The monoisotopic (exact) mass is 442 g/mol. The van der Waals surface area contributed by atoms with Crippen LogP contribution in [0.4, 0.5) is 5.69 Å². The Morgan fingerprint density at radius 2 is 1.91 bits per heavy atom. The van der Waals surface area contributed by atoms with Gasteiger partial charge in [-0.3, -0.25) is 9.79 Å². The molecular formula is C23H38N8O. The van der Waals surface area contributed by atoms with Crippen LogP contribution in [0.2, 0.25) is 0 Å². The van der Waals surface area contributed by atoms with Crippen LogP contribution in [-0.4, -0.2) is 61.6 Å². The molecule has 0 spiro atoms.